The summed E-state index contributed by atoms with van der Waals surface area (Å²) in [5, 5.41) is 0. The summed E-state index contributed by atoms with van der Waals surface area (Å²) < 4.78 is 25.5. The van der Waals surface area contributed by atoms with Crippen molar-refractivity contribution in [3.63, 3.8) is 0 Å². The van der Waals surface area contributed by atoms with Crippen molar-refractivity contribution in [2.24, 2.45) is 17.8 Å². The third-order valence-electron chi connectivity index (χ3n) is 6.92. The van der Waals surface area contributed by atoms with Gasteiger partial charge in [0.2, 0.25) is 0 Å². The van der Waals surface area contributed by atoms with E-state index in [1.807, 2.05) is 42.5 Å². The van der Waals surface area contributed by atoms with E-state index in [0.29, 0.717) is 44.2 Å². The quantitative estimate of drug-likeness (QED) is 0.249. The average molecular weight is 521 g/mol. The lowest BCUT2D eigenvalue weighted by molar-refractivity contribution is 0.0237. The molecule has 0 fully saturated rings. The van der Waals surface area contributed by atoms with Gasteiger partial charge in [-0.1, -0.05) is 45.9 Å². The summed E-state index contributed by atoms with van der Waals surface area (Å²) in [4.78, 5) is 9.97. The van der Waals surface area contributed by atoms with Gasteiger partial charge in [-0.05, 0) is 74.1 Å². The van der Waals surface area contributed by atoms with Crippen molar-refractivity contribution < 1.29 is 18.9 Å². The monoisotopic (exact) mass is 520 g/mol. The lowest BCUT2D eigenvalue weighted by atomic mass is 9.98. The topological polar surface area (TPSA) is 62.7 Å². The van der Waals surface area contributed by atoms with Crippen molar-refractivity contribution in [3.05, 3.63) is 49.1 Å². The first-order valence-electron chi connectivity index (χ1n) is 14.2. The summed E-state index contributed by atoms with van der Waals surface area (Å²) in [6.45, 7) is 15.3. The fourth-order valence-corrected chi connectivity index (χ4v) is 5.11. The Balaban J connectivity index is 1.72. The molecule has 0 radical (unpaired) electrons. The summed E-state index contributed by atoms with van der Waals surface area (Å²) in [5.74, 6) is 2.90. The third-order valence-corrected chi connectivity index (χ3v) is 6.92. The van der Waals surface area contributed by atoms with E-state index in [-0.39, 0.29) is 12.2 Å². The maximum atomic E-state index is 6.57. The van der Waals surface area contributed by atoms with Crippen molar-refractivity contribution >= 4 is 22.1 Å². The number of hydrogen-bond donors (Lipinski definition) is 0. The van der Waals surface area contributed by atoms with Gasteiger partial charge < -0.3 is 18.9 Å². The number of benzene rings is 2. The molecule has 206 valence electrons. The molecule has 0 spiro atoms. The Morgan fingerprint density at radius 3 is 1.74 bits per heavy atom. The molecule has 4 rings (SSSR count). The molecule has 0 N–H and O–H groups in total. The van der Waals surface area contributed by atoms with Gasteiger partial charge in [0.25, 0.3) is 0 Å². The Hall–Kier alpha value is -2.70. The van der Waals surface area contributed by atoms with Gasteiger partial charge in [-0.15, -0.1) is 6.58 Å². The van der Waals surface area contributed by atoms with Gasteiger partial charge in [0.15, 0.2) is 0 Å². The van der Waals surface area contributed by atoms with Crippen molar-refractivity contribution in [1.29, 1.82) is 0 Å². The first-order valence-corrected chi connectivity index (χ1v) is 14.2. The van der Waals surface area contributed by atoms with Crippen LogP contribution in [0.5, 0.6) is 11.5 Å². The van der Waals surface area contributed by atoms with Crippen LogP contribution in [0, 0.1) is 17.8 Å². The molecule has 6 nitrogen and oxygen atoms in total. The lowest BCUT2D eigenvalue weighted by Gasteiger charge is -2.24. The van der Waals surface area contributed by atoms with Gasteiger partial charge in [0.05, 0.1) is 24.2 Å². The van der Waals surface area contributed by atoms with Gasteiger partial charge >= 0.3 is 0 Å². The molecule has 0 amide bonds. The van der Waals surface area contributed by atoms with Crippen molar-refractivity contribution in [1.82, 2.24) is 9.97 Å². The molecule has 1 aliphatic heterocycles. The Bertz CT molecular complexity index is 1100. The Morgan fingerprint density at radius 2 is 1.29 bits per heavy atom. The minimum atomic E-state index is -0.0694. The predicted octanol–water partition coefficient (Wildman–Crippen LogP) is 7.39. The smallest absolute Gasteiger partial charge is 0.147 e. The van der Waals surface area contributed by atoms with Gasteiger partial charge in [-0.25, -0.2) is 9.97 Å². The molecule has 3 aromatic rings. The van der Waals surface area contributed by atoms with Crippen LogP contribution in [0.1, 0.15) is 59.8 Å². The molecule has 0 aliphatic carbocycles. The highest BCUT2D eigenvalue weighted by Crippen LogP contribution is 2.31. The summed E-state index contributed by atoms with van der Waals surface area (Å²) in [6, 6.07) is 11.9. The standard InChI is InChI=1S/C32H44N2O4/c1-6-9-24-14-16-35-20-25(18-22(2)3)37-29-12-7-10-27-31(29)34-32-28(33-27)11-8-13-30(32)38-26(19-23(4)5)21-36-17-15-24/h6-8,10-13,22-26H,1,9,14-21H2,2-5H3/t24?,25-,26?/m0/s1. The van der Waals surface area contributed by atoms with E-state index in [1.165, 1.54) is 0 Å². The minimum Gasteiger partial charge on any atom is -0.486 e. The minimum absolute atomic E-state index is 0.0694. The normalized spacial score (nSPS) is 21.9. The fourth-order valence-electron chi connectivity index (χ4n) is 5.11. The average Bonchev–Trinajstić information content (AvgIpc) is 2.87. The summed E-state index contributed by atoms with van der Waals surface area (Å²) >= 11 is 0. The van der Waals surface area contributed by atoms with Crippen LogP contribution < -0.4 is 9.47 Å². The molecule has 2 unspecified atom stereocenters. The second-order valence-corrected chi connectivity index (χ2v) is 11.3. The molecule has 0 saturated carbocycles. The molecule has 38 heavy (non-hydrogen) atoms. The first-order chi connectivity index (χ1) is 18.4. The lowest BCUT2D eigenvalue weighted by Crippen LogP contribution is -2.27. The van der Waals surface area contributed by atoms with E-state index in [9.17, 15) is 0 Å². The number of rotatable bonds is 6. The van der Waals surface area contributed by atoms with E-state index in [2.05, 4.69) is 34.3 Å². The maximum Gasteiger partial charge on any atom is 0.147 e. The zero-order chi connectivity index (χ0) is 26.9. The van der Waals surface area contributed by atoms with Crippen molar-refractivity contribution in [2.45, 2.75) is 72.0 Å². The second-order valence-electron chi connectivity index (χ2n) is 11.3. The molecular weight excluding hydrogens is 476 g/mol. The number of para-hydroxylation sites is 2. The van der Waals surface area contributed by atoms with Gasteiger partial charge in [0, 0.05) is 13.2 Å². The van der Waals surface area contributed by atoms with E-state index in [1.54, 1.807) is 0 Å². The highest BCUT2D eigenvalue weighted by atomic mass is 16.5. The Labute approximate surface area is 227 Å². The van der Waals surface area contributed by atoms with Crippen LogP contribution in [-0.2, 0) is 9.47 Å². The Kier molecular flexibility index (Phi) is 10.4. The van der Waals surface area contributed by atoms with Crippen molar-refractivity contribution in [3.8, 4) is 11.5 Å². The SMILES string of the molecule is C=CCC1CCOCC(CC(C)C)Oc2cccc3nc4cccc(c4nc23)O[C@@H](CC(C)C)COCC1. The van der Waals surface area contributed by atoms with Crippen LogP contribution in [0.15, 0.2) is 49.1 Å². The largest absolute Gasteiger partial charge is 0.486 e. The van der Waals surface area contributed by atoms with Crippen LogP contribution in [0.3, 0.4) is 0 Å². The van der Waals surface area contributed by atoms with Crippen LogP contribution in [0.2, 0.25) is 0 Å². The van der Waals surface area contributed by atoms with Crippen LogP contribution in [0.4, 0.5) is 0 Å². The zero-order valence-electron chi connectivity index (χ0n) is 23.5. The summed E-state index contributed by atoms with van der Waals surface area (Å²) in [6.07, 6.45) is 6.56. The van der Waals surface area contributed by atoms with E-state index >= 15 is 0 Å². The number of ether oxygens (including phenoxy) is 4. The molecule has 0 saturated heterocycles. The fraction of sp³-hybridized carbons (Fsp3) is 0.562. The number of aromatic nitrogens is 2. The number of nitrogens with zero attached hydrogens (tertiary/aromatic N) is 2. The molecule has 3 atom stereocenters. The molecule has 2 bridgehead atoms. The zero-order valence-corrected chi connectivity index (χ0v) is 23.5. The van der Waals surface area contributed by atoms with Crippen LogP contribution in [-0.4, -0.2) is 48.6 Å². The molecule has 1 aliphatic rings. The highest BCUT2D eigenvalue weighted by molar-refractivity contribution is 5.92. The second kappa shape index (κ2) is 13.9. The van der Waals surface area contributed by atoms with Crippen LogP contribution in [0.25, 0.3) is 22.1 Å². The summed E-state index contributed by atoms with van der Waals surface area (Å²) in [5.41, 5.74) is 3.10. The predicted molar refractivity (Wildman–Crippen MR) is 154 cm³/mol. The highest BCUT2D eigenvalue weighted by Gasteiger charge is 2.20. The number of allylic oxidation sites excluding steroid dienone is 1. The maximum absolute atomic E-state index is 6.57. The third kappa shape index (κ3) is 7.90. The number of hydrogen-bond acceptors (Lipinski definition) is 6. The Morgan fingerprint density at radius 1 is 0.789 bits per heavy atom. The first kappa shape index (κ1) is 28.3. The van der Waals surface area contributed by atoms with Gasteiger partial charge in [0.1, 0.15) is 34.7 Å². The molecule has 1 aromatic heterocycles. The molecule has 2 heterocycles. The van der Waals surface area contributed by atoms with E-state index < -0.39 is 0 Å². The van der Waals surface area contributed by atoms with Crippen molar-refractivity contribution in [2.75, 3.05) is 26.4 Å². The molecule has 6 heteroatoms. The molecule has 2 aromatic carbocycles. The molecular formula is C32H44N2O4. The van der Waals surface area contributed by atoms with Gasteiger partial charge in [-0.2, -0.15) is 0 Å². The van der Waals surface area contributed by atoms with Gasteiger partial charge in [-0.3, -0.25) is 0 Å². The summed E-state index contributed by atoms with van der Waals surface area (Å²) in [7, 11) is 0. The van der Waals surface area contributed by atoms with E-state index in [4.69, 9.17) is 28.9 Å². The van der Waals surface area contributed by atoms with E-state index in [0.717, 1.165) is 65.7 Å². The van der Waals surface area contributed by atoms with Crippen LogP contribution >= 0.6 is 0 Å².